The maximum absolute atomic E-state index is 12.1. The molecule has 3 rings (SSSR count). The van der Waals surface area contributed by atoms with Crippen molar-refractivity contribution in [3.8, 4) is 0 Å². The number of hydrogen-bond acceptors (Lipinski definition) is 5. The number of hydrogen-bond donors (Lipinski definition) is 2. The number of nitrogens with zero attached hydrogens (tertiary/aromatic N) is 2. The Morgan fingerprint density at radius 2 is 2.08 bits per heavy atom. The molecule has 0 fully saturated rings. The molecule has 0 saturated heterocycles. The van der Waals surface area contributed by atoms with E-state index in [1.165, 1.54) is 23.9 Å². The molecule has 0 aliphatic heterocycles. The number of aromatic nitrogens is 2. The normalized spacial score (nSPS) is 10.8. The number of imidazole rings is 1. The Bertz CT molecular complexity index is 968. The minimum Gasteiger partial charge on any atom is -0.333 e. The Labute approximate surface area is 148 Å². The number of nitro benzene ring substituents is 1. The van der Waals surface area contributed by atoms with E-state index >= 15 is 0 Å². The summed E-state index contributed by atoms with van der Waals surface area (Å²) in [7, 11) is 0. The summed E-state index contributed by atoms with van der Waals surface area (Å²) in [5, 5.41) is 14.2. The molecule has 0 aliphatic carbocycles. The van der Waals surface area contributed by atoms with Crippen LogP contribution in [-0.2, 0) is 4.79 Å². The highest BCUT2D eigenvalue weighted by molar-refractivity contribution is 7.99. The number of H-pyrrole nitrogens is 1. The second kappa shape index (κ2) is 6.94. The molecule has 0 saturated carbocycles. The number of aromatic amines is 1. The molecular weight excluding hydrogens is 340 g/mol. The van der Waals surface area contributed by atoms with Crippen molar-refractivity contribution in [3.63, 3.8) is 0 Å². The topological polar surface area (TPSA) is 101 Å². The SMILES string of the molecule is Cc1ccc2nc(SCC(=O)Nc3ccc([N+](=O)[O-])cc3C)[nH]c2c1. The van der Waals surface area contributed by atoms with Crippen LogP contribution in [0.25, 0.3) is 11.0 Å². The second-order valence-corrected chi connectivity index (χ2v) is 6.62. The van der Waals surface area contributed by atoms with Gasteiger partial charge in [-0.25, -0.2) is 4.98 Å². The maximum atomic E-state index is 12.1. The number of anilines is 1. The summed E-state index contributed by atoms with van der Waals surface area (Å²) in [5.41, 5.74) is 4.15. The second-order valence-electron chi connectivity index (χ2n) is 5.66. The number of thioether (sulfide) groups is 1. The number of fused-ring (bicyclic) bond motifs is 1. The highest BCUT2D eigenvalue weighted by atomic mass is 32.2. The Hall–Kier alpha value is -2.87. The number of aryl methyl sites for hydroxylation is 2. The van der Waals surface area contributed by atoms with Gasteiger partial charge in [-0.2, -0.15) is 0 Å². The van der Waals surface area contributed by atoms with Crippen LogP contribution in [0.2, 0.25) is 0 Å². The predicted molar refractivity (Wildman–Crippen MR) is 98.0 cm³/mol. The third-order valence-corrected chi connectivity index (χ3v) is 4.52. The lowest BCUT2D eigenvalue weighted by atomic mass is 10.2. The molecule has 0 radical (unpaired) electrons. The average molecular weight is 356 g/mol. The predicted octanol–water partition coefficient (Wildman–Crippen LogP) is 3.82. The van der Waals surface area contributed by atoms with Gasteiger partial charge in [0.2, 0.25) is 5.91 Å². The van der Waals surface area contributed by atoms with Crippen LogP contribution in [0.3, 0.4) is 0 Å². The molecule has 1 amide bonds. The van der Waals surface area contributed by atoms with Crippen molar-refractivity contribution in [2.24, 2.45) is 0 Å². The third kappa shape index (κ3) is 3.97. The number of non-ortho nitro benzene ring substituents is 1. The van der Waals surface area contributed by atoms with E-state index in [1.807, 2.05) is 25.1 Å². The first kappa shape index (κ1) is 17.0. The van der Waals surface area contributed by atoms with Gasteiger partial charge < -0.3 is 10.3 Å². The fourth-order valence-corrected chi connectivity index (χ4v) is 3.08. The van der Waals surface area contributed by atoms with E-state index in [2.05, 4.69) is 15.3 Å². The molecule has 2 aromatic carbocycles. The summed E-state index contributed by atoms with van der Waals surface area (Å²) in [6, 6.07) is 10.3. The molecule has 1 heterocycles. The smallest absolute Gasteiger partial charge is 0.269 e. The summed E-state index contributed by atoms with van der Waals surface area (Å²) in [6.07, 6.45) is 0. The van der Waals surface area contributed by atoms with Crippen molar-refractivity contribution in [2.45, 2.75) is 19.0 Å². The van der Waals surface area contributed by atoms with Crippen LogP contribution in [0.5, 0.6) is 0 Å². The van der Waals surface area contributed by atoms with Gasteiger partial charge in [0, 0.05) is 17.8 Å². The van der Waals surface area contributed by atoms with Gasteiger partial charge >= 0.3 is 0 Å². The van der Waals surface area contributed by atoms with Crippen LogP contribution >= 0.6 is 11.8 Å². The van der Waals surface area contributed by atoms with Crippen LogP contribution in [0.15, 0.2) is 41.6 Å². The molecular formula is C17H16N4O3S. The lowest BCUT2D eigenvalue weighted by Crippen LogP contribution is -2.15. The fourth-order valence-electron chi connectivity index (χ4n) is 2.39. The van der Waals surface area contributed by atoms with Gasteiger partial charge in [0.15, 0.2) is 5.16 Å². The monoisotopic (exact) mass is 356 g/mol. The van der Waals surface area contributed by atoms with Crippen molar-refractivity contribution in [1.82, 2.24) is 9.97 Å². The highest BCUT2D eigenvalue weighted by Gasteiger charge is 2.11. The van der Waals surface area contributed by atoms with Gasteiger partial charge in [-0.15, -0.1) is 0 Å². The van der Waals surface area contributed by atoms with Crippen molar-refractivity contribution in [3.05, 3.63) is 57.6 Å². The molecule has 8 heteroatoms. The summed E-state index contributed by atoms with van der Waals surface area (Å²) >= 11 is 1.31. The van der Waals surface area contributed by atoms with Gasteiger partial charge in [-0.05, 0) is 43.2 Å². The van der Waals surface area contributed by atoms with E-state index in [1.54, 1.807) is 13.0 Å². The van der Waals surface area contributed by atoms with Gasteiger partial charge in [0.1, 0.15) is 0 Å². The Morgan fingerprint density at radius 1 is 1.28 bits per heavy atom. The number of carbonyl (C=O) groups is 1. The van der Waals surface area contributed by atoms with Crippen LogP contribution in [0, 0.1) is 24.0 Å². The molecule has 3 aromatic rings. The highest BCUT2D eigenvalue weighted by Crippen LogP contribution is 2.23. The molecule has 25 heavy (non-hydrogen) atoms. The number of carbonyl (C=O) groups excluding carboxylic acids is 1. The van der Waals surface area contributed by atoms with Crippen LogP contribution < -0.4 is 5.32 Å². The minimum atomic E-state index is -0.461. The molecule has 0 atom stereocenters. The van der Waals surface area contributed by atoms with E-state index in [4.69, 9.17) is 0 Å². The number of nitrogens with one attached hydrogen (secondary N) is 2. The van der Waals surface area contributed by atoms with Crippen LogP contribution in [0.4, 0.5) is 11.4 Å². The van der Waals surface area contributed by atoms with Crippen LogP contribution in [-0.4, -0.2) is 26.6 Å². The minimum absolute atomic E-state index is 0.00226. The maximum Gasteiger partial charge on any atom is 0.269 e. The zero-order chi connectivity index (χ0) is 18.0. The van der Waals surface area contributed by atoms with Gasteiger partial charge in [-0.1, -0.05) is 17.8 Å². The lowest BCUT2D eigenvalue weighted by Gasteiger charge is -2.07. The number of benzene rings is 2. The zero-order valence-electron chi connectivity index (χ0n) is 13.7. The number of nitro groups is 1. The van der Waals surface area contributed by atoms with Gasteiger partial charge in [0.05, 0.1) is 21.7 Å². The molecule has 7 nitrogen and oxygen atoms in total. The Balaban J connectivity index is 1.63. The molecule has 0 bridgehead atoms. The molecule has 128 valence electrons. The van der Waals surface area contributed by atoms with Crippen molar-refractivity contribution in [2.75, 3.05) is 11.1 Å². The molecule has 2 N–H and O–H groups in total. The van der Waals surface area contributed by atoms with Crippen LogP contribution in [0.1, 0.15) is 11.1 Å². The zero-order valence-corrected chi connectivity index (χ0v) is 14.5. The van der Waals surface area contributed by atoms with Gasteiger partial charge in [0.25, 0.3) is 5.69 Å². The summed E-state index contributed by atoms with van der Waals surface area (Å²) in [4.78, 5) is 30.0. The standard InChI is InChI=1S/C17H16N4O3S/c1-10-3-5-14-15(7-10)20-17(19-14)25-9-16(22)18-13-6-4-12(21(23)24)8-11(13)2/h3-8H,9H2,1-2H3,(H,18,22)(H,19,20). The largest absolute Gasteiger partial charge is 0.333 e. The first-order valence-corrected chi connectivity index (χ1v) is 8.55. The van der Waals surface area contributed by atoms with Crippen molar-refractivity contribution in [1.29, 1.82) is 0 Å². The molecule has 0 spiro atoms. The van der Waals surface area contributed by atoms with E-state index in [9.17, 15) is 14.9 Å². The third-order valence-electron chi connectivity index (χ3n) is 3.65. The van der Waals surface area contributed by atoms with E-state index < -0.39 is 4.92 Å². The number of rotatable bonds is 5. The molecule has 1 aromatic heterocycles. The Kier molecular flexibility index (Phi) is 4.71. The van der Waals surface area contributed by atoms with E-state index in [0.717, 1.165) is 16.6 Å². The Morgan fingerprint density at radius 3 is 2.80 bits per heavy atom. The summed E-state index contributed by atoms with van der Waals surface area (Å²) < 4.78 is 0. The number of amides is 1. The van der Waals surface area contributed by atoms with E-state index in [-0.39, 0.29) is 17.3 Å². The molecule has 0 aliphatic rings. The first-order valence-electron chi connectivity index (χ1n) is 7.56. The summed E-state index contributed by atoms with van der Waals surface area (Å²) in [5.74, 6) is -0.00604. The summed E-state index contributed by atoms with van der Waals surface area (Å²) in [6.45, 7) is 3.73. The van der Waals surface area contributed by atoms with Gasteiger partial charge in [-0.3, -0.25) is 14.9 Å². The fraction of sp³-hybridized carbons (Fsp3) is 0.176. The van der Waals surface area contributed by atoms with Crippen molar-refractivity contribution >= 4 is 40.1 Å². The average Bonchev–Trinajstić information content (AvgIpc) is 2.96. The van der Waals surface area contributed by atoms with E-state index in [0.29, 0.717) is 16.4 Å². The first-order chi connectivity index (χ1) is 11.9. The van der Waals surface area contributed by atoms with Crippen molar-refractivity contribution < 1.29 is 9.72 Å². The lowest BCUT2D eigenvalue weighted by molar-refractivity contribution is -0.384. The quantitative estimate of drug-likeness (QED) is 0.411. The molecule has 0 unspecified atom stereocenters.